The van der Waals surface area contributed by atoms with Gasteiger partial charge in [-0.3, -0.25) is 14.2 Å². The maximum Gasteiger partial charge on any atom is 0.395 e. The molecule has 8 heteroatoms. The van der Waals surface area contributed by atoms with Crippen LogP contribution in [0.15, 0.2) is 72.8 Å². The van der Waals surface area contributed by atoms with Crippen LogP contribution in [-0.2, 0) is 20.1 Å². The Morgan fingerprint density at radius 3 is 1.70 bits per heavy atom. The van der Waals surface area contributed by atoms with Gasteiger partial charge in [0.1, 0.15) is 5.75 Å². The van der Waals surface area contributed by atoms with E-state index in [-0.39, 0.29) is 12.4 Å². The zero-order valence-electron chi connectivity index (χ0n) is 26.7. The van der Waals surface area contributed by atoms with Gasteiger partial charge in [-0.15, -0.1) is 0 Å². The van der Waals surface area contributed by atoms with Gasteiger partial charge >= 0.3 is 16.1 Å². The minimum Gasteiger partial charge on any atom is -0.407 e. The monoisotopic (exact) mass is 630 g/mol. The number of hydrogen-bond acceptors (Lipinski definition) is 6. The van der Waals surface area contributed by atoms with Crippen molar-refractivity contribution in [1.29, 1.82) is 0 Å². The lowest BCUT2D eigenvalue weighted by Crippen LogP contribution is -2.17. The van der Waals surface area contributed by atoms with E-state index in [2.05, 4.69) is 0 Å². The van der Waals surface area contributed by atoms with Gasteiger partial charge in [0.25, 0.3) is 5.52 Å². The zero-order valence-corrected chi connectivity index (χ0v) is 28.5. The fourth-order valence-electron chi connectivity index (χ4n) is 5.63. The van der Waals surface area contributed by atoms with Crippen molar-refractivity contribution < 1.29 is 27.8 Å². The molecule has 230 valence electrons. The topological polar surface area (TPSA) is 86.7 Å². The summed E-state index contributed by atoms with van der Waals surface area (Å²) in [6.45, 7) is 15.6. The van der Waals surface area contributed by atoms with Crippen LogP contribution in [0, 0.1) is 41.5 Å². The highest BCUT2D eigenvalue weighted by molar-refractivity contribution is 7.83. The largest absolute Gasteiger partial charge is 0.407 e. The third-order valence-corrected chi connectivity index (χ3v) is 9.95. The summed E-state index contributed by atoms with van der Waals surface area (Å²) < 4.78 is 34.8. The lowest BCUT2D eigenvalue weighted by atomic mass is 9.90. The summed E-state index contributed by atoms with van der Waals surface area (Å²) in [5.41, 5.74) is 7.94. The van der Waals surface area contributed by atoms with Gasteiger partial charge in [0.05, 0.1) is 12.2 Å². The van der Waals surface area contributed by atoms with E-state index in [1.54, 1.807) is 37.3 Å². The lowest BCUT2D eigenvalue weighted by molar-refractivity contribution is 0.103. The molecular weight excluding hydrogens is 590 g/mol. The molecule has 0 N–H and O–H groups in total. The van der Waals surface area contributed by atoms with Gasteiger partial charge in [-0.25, -0.2) is 4.57 Å². The molecule has 0 amide bonds. The first-order valence-corrected chi connectivity index (χ1v) is 16.9. The molecule has 0 aliphatic heterocycles. The number of carbonyl (C=O) groups is 2. The van der Waals surface area contributed by atoms with Crippen LogP contribution in [0.1, 0.15) is 79.1 Å². The molecular formula is C36H40O6P2. The minimum atomic E-state index is -3.59. The first-order chi connectivity index (χ1) is 20.9. The van der Waals surface area contributed by atoms with Gasteiger partial charge < -0.3 is 9.05 Å². The summed E-state index contributed by atoms with van der Waals surface area (Å²) in [6.07, 6.45) is 0.706. The number of ketones is 1. The Hall–Kier alpha value is -3.69. The molecule has 6 nitrogen and oxygen atoms in total. The highest BCUT2D eigenvalue weighted by Gasteiger charge is 2.37. The van der Waals surface area contributed by atoms with Gasteiger partial charge in [0.2, 0.25) is 0 Å². The third-order valence-electron chi connectivity index (χ3n) is 7.33. The van der Waals surface area contributed by atoms with Gasteiger partial charge in [-0.1, -0.05) is 72.6 Å². The normalized spacial score (nSPS) is 12.2. The van der Waals surface area contributed by atoms with Crippen LogP contribution in [-0.4, -0.2) is 17.9 Å². The molecule has 1 unspecified atom stereocenters. The van der Waals surface area contributed by atoms with Crippen molar-refractivity contribution in [2.45, 2.75) is 61.8 Å². The van der Waals surface area contributed by atoms with Crippen molar-refractivity contribution >= 4 is 32.7 Å². The number of hydrogen-bond donors (Lipinski definition) is 0. The molecule has 0 aromatic heterocycles. The van der Waals surface area contributed by atoms with Gasteiger partial charge in [0.15, 0.2) is 5.78 Å². The Balaban J connectivity index is 0.000000240. The van der Waals surface area contributed by atoms with Crippen LogP contribution in [0.4, 0.5) is 0 Å². The molecule has 4 aromatic rings. The zero-order chi connectivity index (χ0) is 32.6. The highest BCUT2D eigenvalue weighted by atomic mass is 31.2. The Kier molecular flexibility index (Phi) is 12.1. The molecule has 0 saturated heterocycles. The van der Waals surface area contributed by atoms with E-state index in [9.17, 15) is 18.7 Å². The number of carbonyl (C=O) groups excluding carboxylic acids is 2. The van der Waals surface area contributed by atoms with Crippen molar-refractivity contribution in [2.75, 3.05) is 6.61 Å². The van der Waals surface area contributed by atoms with Gasteiger partial charge in [-0.2, -0.15) is 0 Å². The summed E-state index contributed by atoms with van der Waals surface area (Å²) >= 11 is 0. The average molecular weight is 631 g/mol. The molecule has 0 fully saturated rings. The highest BCUT2D eigenvalue weighted by Crippen LogP contribution is 2.50. The number of rotatable bonds is 10. The number of aryl methyl sites for hydroxylation is 7. The SMILES string of the molecule is CCOP(=O)(C(=O)c1c(C)cc(C)cc1C)c1ccccc1.CCc1cccc(OP=O)c1C(=O)c1c(C)cc(C)cc1C. The maximum absolute atomic E-state index is 13.3. The fourth-order valence-corrected chi connectivity index (χ4v) is 7.94. The van der Waals surface area contributed by atoms with E-state index in [0.29, 0.717) is 34.2 Å². The second-order valence-corrected chi connectivity index (χ2v) is 13.4. The van der Waals surface area contributed by atoms with Crippen LogP contribution in [0.5, 0.6) is 5.75 Å². The van der Waals surface area contributed by atoms with E-state index >= 15 is 0 Å². The van der Waals surface area contributed by atoms with Crippen LogP contribution in [0.3, 0.4) is 0 Å². The summed E-state index contributed by atoms with van der Waals surface area (Å²) in [7, 11) is -4.05. The molecule has 0 aliphatic rings. The lowest BCUT2D eigenvalue weighted by Gasteiger charge is -2.19. The quantitative estimate of drug-likeness (QED) is 0.128. The Bertz CT molecular complexity index is 1680. The molecule has 0 saturated carbocycles. The average Bonchev–Trinajstić information content (AvgIpc) is 2.97. The first kappa shape index (κ1) is 34.8. The minimum absolute atomic E-state index is 0.0777. The summed E-state index contributed by atoms with van der Waals surface area (Å²) in [5, 5.41) is 0.446. The molecule has 0 spiro atoms. The van der Waals surface area contributed by atoms with E-state index < -0.39 is 21.6 Å². The molecule has 0 heterocycles. The molecule has 0 radical (unpaired) electrons. The predicted octanol–water partition coefficient (Wildman–Crippen LogP) is 9.38. The fraction of sp³-hybridized carbons (Fsp3) is 0.278. The Morgan fingerprint density at radius 2 is 1.23 bits per heavy atom. The van der Waals surface area contributed by atoms with Crippen molar-refractivity contribution in [3.63, 3.8) is 0 Å². The Morgan fingerprint density at radius 1 is 0.705 bits per heavy atom. The second-order valence-electron chi connectivity index (χ2n) is 10.8. The smallest absolute Gasteiger partial charge is 0.395 e. The van der Waals surface area contributed by atoms with Crippen molar-refractivity contribution in [2.24, 2.45) is 0 Å². The van der Waals surface area contributed by atoms with Gasteiger partial charge in [0, 0.05) is 16.4 Å². The molecule has 4 aromatic carbocycles. The van der Waals surface area contributed by atoms with E-state index in [4.69, 9.17) is 9.05 Å². The van der Waals surface area contributed by atoms with Crippen molar-refractivity contribution in [1.82, 2.24) is 0 Å². The van der Waals surface area contributed by atoms with Crippen molar-refractivity contribution in [3.8, 4) is 5.75 Å². The van der Waals surface area contributed by atoms with Crippen LogP contribution in [0.25, 0.3) is 0 Å². The van der Waals surface area contributed by atoms with Crippen LogP contribution in [0.2, 0.25) is 0 Å². The summed E-state index contributed by atoms with van der Waals surface area (Å²) in [5.74, 6) is 0.284. The summed E-state index contributed by atoms with van der Waals surface area (Å²) in [4.78, 5) is 26.1. The Labute approximate surface area is 262 Å². The molecule has 4 rings (SSSR count). The molecule has 0 aliphatic carbocycles. The molecule has 0 bridgehead atoms. The van der Waals surface area contributed by atoms with Crippen LogP contribution < -0.4 is 9.83 Å². The second kappa shape index (κ2) is 15.3. The molecule has 1 atom stereocenters. The standard InChI is InChI=1S/C18H19O3P.C18H21O3P/c1-5-14-7-6-8-15(21-22-20)17(14)18(19)16-12(3)9-11(2)10-13(16)4;1-5-21-22(20,16-9-7-6-8-10-16)18(19)17-14(3)11-13(2)12-15(17)4/h6-10H,5H2,1-4H3;6-12H,5H2,1-4H3. The van der Waals surface area contributed by atoms with E-state index in [0.717, 1.165) is 38.9 Å². The van der Waals surface area contributed by atoms with E-state index in [1.165, 1.54) is 0 Å². The molecule has 44 heavy (non-hydrogen) atoms. The third kappa shape index (κ3) is 7.68. The number of benzene rings is 4. The maximum atomic E-state index is 13.3. The first-order valence-electron chi connectivity index (χ1n) is 14.6. The predicted molar refractivity (Wildman–Crippen MR) is 178 cm³/mol. The van der Waals surface area contributed by atoms with E-state index in [1.807, 2.05) is 90.9 Å². The van der Waals surface area contributed by atoms with Gasteiger partial charge in [-0.05, 0) is 101 Å². The summed E-state index contributed by atoms with van der Waals surface area (Å²) in [6, 6.07) is 22.0. The van der Waals surface area contributed by atoms with Crippen molar-refractivity contribution in [3.05, 3.63) is 128 Å². The van der Waals surface area contributed by atoms with Crippen LogP contribution >= 0.6 is 16.1 Å².